The van der Waals surface area contributed by atoms with Crippen LogP contribution in [0, 0.1) is 17.7 Å². The number of ether oxygens (including phenoxy) is 1. The molecule has 1 unspecified atom stereocenters. The van der Waals surface area contributed by atoms with Gasteiger partial charge in [0.2, 0.25) is 0 Å². The monoisotopic (exact) mass is 492 g/mol. The Morgan fingerprint density at radius 3 is 2.94 bits per heavy atom. The van der Waals surface area contributed by atoms with Crippen LogP contribution in [0.2, 0.25) is 5.02 Å². The van der Waals surface area contributed by atoms with E-state index < -0.39 is 0 Å². The molecule has 5 nitrogen and oxygen atoms in total. The number of hydrogen-bond donors (Lipinski definition) is 2. The van der Waals surface area contributed by atoms with Gasteiger partial charge in [-0.2, -0.15) is 0 Å². The van der Waals surface area contributed by atoms with Gasteiger partial charge < -0.3 is 15.4 Å². The average molecular weight is 493 g/mol. The Labute approximate surface area is 206 Å². The number of nitrogens with zero attached hydrogens (tertiary/aromatic N) is 2. The molecule has 172 valence electrons. The third-order valence-corrected chi connectivity index (χ3v) is 6.90. The summed E-state index contributed by atoms with van der Waals surface area (Å²) in [5, 5.41) is 7.16. The minimum absolute atomic E-state index is 0.264. The van der Waals surface area contributed by atoms with Gasteiger partial charge in [-0.25, -0.2) is 14.4 Å². The fourth-order valence-corrected chi connectivity index (χ4v) is 4.94. The molecule has 2 N–H and O–H groups in total. The molecule has 0 amide bonds. The average Bonchev–Trinajstić information content (AvgIpc) is 3.49. The van der Waals surface area contributed by atoms with E-state index >= 15 is 0 Å². The summed E-state index contributed by atoms with van der Waals surface area (Å²) in [6, 6.07) is 14.0. The lowest BCUT2D eigenvalue weighted by Gasteiger charge is -2.17. The van der Waals surface area contributed by atoms with Crippen LogP contribution in [0.4, 0.5) is 15.9 Å². The van der Waals surface area contributed by atoms with Crippen LogP contribution in [0.25, 0.3) is 10.2 Å². The summed E-state index contributed by atoms with van der Waals surface area (Å²) in [5.74, 6) is 7.48. The molecule has 4 aromatic rings. The van der Waals surface area contributed by atoms with Gasteiger partial charge in [-0.15, -0.1) is 11.3 Å². The number of nitrogens with one attached hydrogen (secondary N) is 2. The largest absolute Gasteiger partial charge is 0.484 e. The summed E-state index contributed by atoms with van der Waals surface area (Å²) in [6.45, 7) is 2.89. The van der Waals surface area contributed by atoms with Crippen molar-refractivity contribution in [3.8, 4) is 17.6 Å². The molecule has 2 aromatic heterocycles. The third-order valence-electron chi connectivity index (χ3n) is 5.56. The number of hydrogen-bond acceptors (Lipinski definition) is 6. The molecule has 0 saturated carbocycles. The van der Waals surface area contributed by atoms with Crippen molar-refractivity contribution < 1.29 is 9.13 Å². The van der Waals surface area contributed by atoms with Crippen molar-refractivity contribution in [1.29, 1.82) is 0 Å². The van der Waals surface area contributed by atoms with E-state index in [1.165, 1.54) is 24.9 Å². The van der Waals surface area contributed by atoms with E-state index in [9.17, 15) is 4.39 Å². The first-order valence-corrected chi connectivity index (χ1v) is 12.2. The molecule has 2 atom stereocenters. The molecule has 1 aliphatic heterocycles. The Hall–Kier alpha value is -3.18. The molecule has 2 aromatic carbocycles. The lowest BCUT2D eigenvalue weighted by molar-refractivity contribution is 0.226. The van der Waals surface area contributed by atoms with Gasteiger partial charge in [-0.3, -0.25) is 0 Å². The molecule has 1 fully saturated rings. The standard InChI is InChI=1S/C26H22ClFN4OS/c1-16(17-4-2-5-18(28)12-17)33-24-10-8-20(13-22(24)27)32-26-25-23(30-15-31-26)14-21(34-25)9-7-19-6-3-11-29-19/h2,4-5,8,10,12-16,19,29H,3,6,11H2,1H3,(H,30,31,32)/t16-,19?/m0/s1. The first kappa shape index (κ1) is 22.6. The molecule has 1 aliphatic rings. The molecule has 0 aliphatic carbocycles. The molecule has 0 radical (unpaired) electrons. The number of halogens is 2. The first-order chi connectivity index (χ1) is 16.5. The van der Waals surface area contributed by atoms with E-state index in [2.05, 4.69) is 32.4 Å². The van der Waals surface area contributed by atoms with Gasteiger partial charge in [-0.05, 0) is 68.3 Å². The van der Waals surface area contributed by atoms with Gasteiger partial charge in [0.15, 0.2) is 5.82 Å². The Morgan fingerprint density at radius 2 is 2.15 bits per heavy atom. The Kier molecular flexibility index (Phi) is 6.63. The quantitative estimate of drug-likeness (QED) is 0.313. The molecular weight excluding hydrogens is 471 g/mol. The maximum Gasteiger partial charge on any atom is 0.151 e. The SMILES string of the molecule is C[C@H](Oc1ccc(Nc2ncnc3cc(C#CC4CCCN4)sc23)cc1Cl)c1cccc(F)c1. The lowest BCUT2D eigenvalue weighted by Crippen LogP contribution is -2.18. The zero-order valence-electron chi connectivity index (χ0n) is 18.4. The summed E-state index contributed by atoms with van der Waals surface area (Å²) >= 11 is 8.05. The van der Waals surface area contributed by atoms with Crippen LogP contribution in [0.3, 0.4) is 0 Å². The number of aromatic nitrogens is 2. The highest BCUT2D eigenvalue weighted by Gasteiger charge is 2.14. The maximum absolute atomic E-state index is 13.5. The molecule has 8 heteroatoms. The van der Waals surface area contributed by atoms with Crippen LogP contribution in [0.1, 0.15) is 36.3 Å². The molecule has 0 bridgehead atoms. The number of fused-ring (bicyclic) bond motifs is 1. The smallest absolute Gasteiger partial charge is 0.151 e. The minimum Gasteiger partial charge on any atom is -0.484 e. The van der Waals surface area contributed by atoms with E-state index in [0.29, 0.717) is 16.6 Å². The minimum atomic E-state index is -0.349. The van der Waals surface area contributed by atoms with Crippen molar-refractivity contribution in [3.05, 3.63) is 76.1 Å². The number of benzene rings is 2. The second kappa shape index (κ2) is 9.98. The molecule has 34 heavy (non-hydrogen) atoms. The fraction of sp³-hybridized carbons (Fsp3) is 0.231. The van der Waals surface area contributed by atoms with Crippen molar-refractivity contribution in [1.82, 2.24) is 15.3 Å². The van der Waals surface area contributed by atoms with Crippen molar-refractivity contribution in [2.24, 2.45) is 0 Å². The van der Waals surface area contributed by atoms with E-state index in [1.54, 1.807) is 29.5 Å². The summed E-state index contributed by atoms with van der Waals surface area (Å²) < 4.78 is 20.4. The molecule has 3 heterocycles. The fourth-order valence-electron chi connectivity index (χ4n) is 3.80. The van der Waals surface area contributed by atoms with Gasteiger partial charge in [0.25, 0.3) is 0 Å². The molecule has 1 saturated heterocycles. The molecular formula is C26H22ClFN4OS. The predicted octanol–water partition coefficient (Wildman–Crippen LogP) is 6.47. The van der Waals surface area contributed by atoms with Crippen LogP contribution in [0.15, 0.2) is 54.9 Å². The van der Waals surface area contributed by atoms with Crippen molar-refractivity contribution in [2.75, 3.05) is 11.9 Å². The number of rotatable bonds is 5. The van der Waals surface area contributed by atoms with E-state index in [-0.39, 0.29) is 18.0 Å². The van der Waals surface area contributed by atoms with E-state index in [4.69, 9.17) is 16.3 Å². The van der Waals surface area contributed by atoms with Crippen LogP contribution < -0.4 is 15.4 Å². The van der Waals surface area contributed by atoms with Crippen LogP contribution in [-0.4, -0.2) is 22.6 Å². The van der Waals surface area contributed by atoms with Gasteiger partial charge in [0, 0.05) is 5.69 Å². The highest BCUT2D eigenvalue weighted by atomic mass is 35.5. The normalized spacial score (nSPS) is 16.1. The van der Waals surface area contributed by atoms with Gasteiger partial charge >= 0.3 is 0 Å². The topological polar surface area (TPSA) is 59.1 Å². The van der Waals surface area contributed by atoms with E-state index in [0.717, 1.165) is 39.3 Å². The third kappa shape index (κ3) is 5.15. The van der Waals surface area contributed by atoms with Crippen molar-refractivity contribution in [2.45, 2.75) is 31.9 Å². The predicted molar refractivity (Wildman–Crippen MR) is 135 cm³/mol. The highest BCUT2D eigenvalue weighted by molar-refractivity contribution is 7.20. The van der Waals surface area contributed by atoms with Crippen LogP contribution in [0.5, 0.6) is 5.75 Å². The second-order valence-corrected chi connectivity index (χ2v) is 9.51. The highest BCUT2D eigenvalue weighted by Crippen LogP contribution is 2.34. The number of thiophene rings is 1. The lowest BCUT2D eigenvalue weighted by atomic mass is 10.1. The summed E-state index contributed by atoms with van der Waals surface area (Å²) in [7, 11) is 0. The maximum atomic E-state index is 13.5. The van der Waals surface area contributed by atoms with Crippen LogP contribution >= 0.6 is 22.9 Å². The second-order valence-electron chi connectivity index (χ2n) is 8.05. The van der Waals surface area contributed by atoms with Gasteiger partial charge in [0.05, 0.1) is 26.2 Å². The van der Waals surface area contributed by atoms with E-state index in [1.807, 2.05) is 25.1 Å². The zero-order valence-corrected chi connectivity index (χ0v) is 20.0. The molecule has 5 rings (SSSR count). The Bertz CT molecular complexity index is 1390. The first-order valence-electron chi connectivity index (χ1n) is 11.0. The summed E-state index contributed by atoms with van der Waals surface area (Å²) in [4.78, 5) is 9.76. The van der Waals surface area contributed by atoms with Crippen molar-refractivity contribution in [3.63, 3.8) is 0 Å². The zero-order chi connectivity index (χ0) is 23.5. The summed E-state index contributed by atoms with van der Waals surface area (Å²) in [6.07, 6.45) is 3.44. The van der Waals surface area contributed by atoms with Gasteiger partial charge in [-0.1, -0.05) is 35.6 Å². The number of anilines is 2. The molecule has 0 spiro atoms. The Morgan fingerprint density at radius 1 is 1.24 bits per heavy atom. The van der Waals surface area contributed by atoms with Gasteiger partial charge in [0.1, 0.15) is 24.0 Å². The van der Waals surface area contributed by atoms with Crippen LogP contribution in [-0.2, 0) is 0 Å². The van der Waals surface area contributed by atoms with Crippen molar-refractivity contribution >= 4 is 44.7 Å². The Balaban J connectivity index is 1.33. The summed E-state index contributed by atoms with van der Waals surface area (Å²) in [5.41, 5.74) is 2.36.